The summed E-state index contributed by atoms with van der Waals surface area (Å²) in [7, 11) is 0. The maximum atomic E-state index is 10.7. The van der Waals surface area contributed by atoms with Crippen LogP contribution < -0.4 is 5.73 Å². The van der Waals surface area contributed by atoms with Crippen LogP contribution in [0.4, 0.5) is 5.69 Å². The van der Waals surface area contributed by atoms with Crippen molar-refractivity contribution in [3.8, 4) is 0 Å². The van der Waals surface area contributed by atoms with E-state index in [9.17, 15) is 10.1 Å². The first kappa shape index (κ1) is 13.2. The highest BCUT2D eigenvalue weighted by atomic mass is 16.6. The molecule has 0 bridgehead atoms. The van der Waals surface area contributed by atoms with E-state index in [4.69, 9.17) is 5.73 Å². The van der Waals surface area contributed by atoms with Gasteiger partial charge in [0.05, 0.1) is 22.5 Å². The Morgan fingerprint density at radius 1 is 1.47 bits per heavy atom. The highest BCUT2D eigenvalue weighted by Crippen LogP contribution is 2.19. The number of nitro benzene ring substituents is 1. The molecule has 0 aliphatic rings. The van der Waals surface area contributed by atoms with Crippen molar-refractivity contribution in [3.63, 3.8) is 0 Å². The summed E-state index contributed by atoms with van der Waals surface area (Å²) in [5.41, 5.74) is 7.38. The highest BCUT2D eigenvalue weighted by molar-refractivity contribution is 5.34. The molecular weight excluding hydrogens is 244 g/mol. The van der Waals surface area contributed by atoms with Gasteiger partial charge in [0.15, 0.2) is 0 Å². The Morgan fingerprint density at radius 3 is 2.84 bits per heavy atom. The Morgan fingerprint density at radius 2 is 2.21 bits per heavy atom. The van der Waals surface area contributed by atoms with Crippen molar-refractivity contribution < 1.29 is 4.92 Å². The fourth-order valence-corrected chi connectivity index (χ4v) is 1.95. The minimum absolute atomic E-state index is 0.0890. The molecule has 0 amide bonds. The van der Waals surface area contributed by atoms with Crippen LogP contribution in [0.3, 0.4) is 0 Å². The second kappa shape index (κ2) is 4.81. The van der Waals surface area contributed by atoms with Crippen molar-refractivity contribution in [2.24, 2.45) is 5.73 Å². The largest absolute Gasteiger partial charge is 0.328 e. The van der Waals surface area contributed by atoms with Crippen molar-refractivity contribution in [1.29, 1.82) is 0 Å². The summed E-state index contributed by atoms with van der Waals surface area (Å²) in [6.45, 7) is 4.31. The van der Waals surface area contributed by atoms with Gasteiger partial charge in [0.25, 0.3) is 5.69 Å². The normalized spacial score (nSPS) is 11.5. The van der Waals surface area contributed by atoms with Crippen LogP contribution in [0.25, 0.3) is 0 Å². The third-order valence-electron chi connectivity index (χ3n) is 2.85. The average Bonchev–Trinajstić information content (AvgIpc) is 2.77. The van der Waals surface area contributed by atoms with Gasteiger partial charge in [-0.3, -0.25) is 10.1 Å². The second-order valence-corrected chi connectivity index (χ2v) is 5.06. The van der Waals surface area contributed by atoms with Gasteiger partial charge in [-0.15, -0.1) is 0 Å². The SMILES string of the molecule is CC(C)(N)c1cncn1Cc1cccc([N+](=O)[O-])c1. The molecule has 1 heterocycles. The Hall–Kier alpha value is -2.21. The number of non-ortho nitro benzene ring substituents is 1. The van der Waals surface area contributed by atoms with Crippen LogP contribution in [0.2, 0.25) is 0 Å². The molecule has 6 heteroatoms. The predicted octanol–water partition coefficient (Wildman–Crippen LogP) is 2.03. The molecule has 6 nitrogen and oxygen atoms in total. The van der Waals surface area contributed by atoms with E-state index in [0.29, 0.717) is 6.54 Å². The molecule has 0 radical (unpaired) electrons. The molecule has 1 aromatic carbocycles. The van der Waals surface area contributed by atoms with Crippen LogP contribution in [0.15, 0.2) is 36.8 Å². The van der Waals surface area contributed by atoms with Gasteiger partial charge < -0.3 is 10.3 Å². The minimum atomic E-state index is -0.503. The molecule has 0 unspecified atom stereocenters. The molecule has 0 saturated carbocycles. The van der Waals surface area contributed by atoms with E-state index in [1.807, 2.05) is 24.5 Å². The first-order valence-electron chi connectivity index (χ1n) is 5.91. The molecular formula is C13H16N4O2. The number of aromatic nitrogens is 2. The highest BCUT2D eigenvalue weighted by Gasteiger charge is 2.19. The number of hydrogen-bond acceptors (Lipinski definition) is 4. The quantitative estimate of drug-likeness (QED) is 0.673. The first-order chi connectivity index (χ1) is 8.88. The fraction of sp³-hybridized carbons (Fsp3) is 0.308. The Balaban J connectivity index is 2.29. The minimum Gasteiger partial charge on any atom is -0.328 e. The summed E-state index contributed by atoms with van der Waals surface area (Å²) < 4.78 is 1.90. The summed E-state index contributed by atoms with van der Waals surface area (Å²) in [4.78, 5) is 14.4. The van der Waals surface area contributed by atoms with Crippen LogP contribution >= 0.6 is 0 Å². The maximum Gasteiger partial charge on any atom is 0.269 e. The number of hydrogen-bond donors (Lipinski definition) is 1. The number of nitrogens with zero attached hydrogens (tertiary/aromatic N) is 3. The zero-order valence-electron chi connectivity index (χ0n) is 10.9. The van der Waals surface area contributed by atoms with Crippen LogP contribution in [-0.2, 0) is 12.1 Å². The Labute approximate surface area is 111 Å². The van der Waals surface area contributed by atoms with Crippen molar-refractivity contribution in [2.45, 2.75) is 25.9 Å². The molecule has 0 spiro atoms. The number of nitro groups is 1. The van der Waals surface area contributed by atoms with Gasteiger partial charge in [-0.05, 0) is 19.4 Å². The Kier molecular flexibility index (Phi) is 3.35. The topological polar surface area (TPSA) is 87.0 Å². The summed E-state index contributed by atoms with van der Waals surface area (Å²) in [6.07, 6.45) is 3.40. The van der Waals surface area contributed by atoms with Crippen molar-refractivity contribution in [3.05, 3.63) is 58.2 Å². The van der Waals surface area contributed by atoms with Gasteiger partial charge in [0.1, 0.15) is 0 Å². The summed E-state index contributed by atoms with van der Waals surface area (Å²) in [5.74, 6) is 0. The summed E-state index contributed by atoms with van der Waals surface area (Å²) in [5, 5.41) is 10.7. The molecule has 2 N–H and O–H groups in total. The number of imidazole rings is 1. The van der Waals surface area contributed by atoms with E-state index >= 15 is 0 Å². The first-order valence-corrected chi connectivity index (χ1v) is 5.91. The van der Waals surface area contributed by atoms with E-state index in [2.05, 4.69) is 4.98 Å². The van der Waals surface area contributed by atoms with Crippen molar-refractivity contribution in [1.82, 2.24) is 9.55 Å². The van der Waals surface area contributed by atoms with Gasteiger partial charge >= 0.3 is 0 Å². The van der Waals surface area contributed by atoms with Gasteiger partial charge in [0, 0.05) is 24.9 Å². The molecule has 1 aromatic heterocycles. The van der Waals surface area contributed by atoms with Crippen LogP contribution in [0.5, 0.6) is 0 Å². The predicted molar refractivity (Wildman–Crippen MR) is 71.6 cm³/mol. The maximum absolute atomic E-state index is 10.7. The van der Waals surface area contributed by atoms with Crippen LogP contribution in [-0.4, -0.2) is 14.5 Å². The average molecular weight is 260 g/mol. The van der Waals surface area contributed by atoms with Crippen molar-refractivity contribution >= 4 is 5.69 Å². The lowest BCUT2D eigenvalue weighted by molar-refractivity contribution is -0.384. The lowest BCUT2D eigenvalue weighted by Crippen LogP contribution is -2.31. The van der Waals surface area contributed by atoms with Gasteiger partial charge in [-0.25, -0.2) is 4.98 Å². The smallest absolute Gasteiger partial charge is 0.269 e. The zero-order valence-corrected chi connectivity index (χ0v) is 10.9. The molecule has 0 saturated heterocycles. The number of benzene rings is 1. The third-order valence-corrected chi connectivity index (χ3v) is 2.85. The zero-order chi connectivity index (χ0) is 14.0. The molecule has 0 aliphatic carbocycles. The lowest BCUT2D eigenvalue weighted by Gasteiger charge is -2.20. The van der Waals surface area contributed by atoms with Gasteiger partial charge in [-0.2, -0.15) is 0 Å². The molecule has 0 aliphatic heterocycles. The standard InChI is InChI=1S/C13H16N4O2/c1-13(2,14)12-7-15-9-16(12)8-10-4-3-5-11(6-10)17(18)19/h3-7,9H,8,14H2,1-2H3. The van der Waals surface area contributed by atoms with Gasteiger partial charge in [0.2, 0.25) is 0 Å². The Bertz CT molecular complexity index is 599. The van der Waals surface area contributed by atoms with E-state index in [1.165, 1.54) is 6.07 Å². The number of rotatable bonds is 4. The molecule has 19 heavy (non-hydrogen) atoms. The molecule has 2 aromatic rings. The van der Waals surface area contributed by atoms with Crippen LogP contribution in [0.1, 0.15) is 25.1 Å². The molecule has 0 fully saturated rings. The summed E-state index contributed by atoms with van der Waals surface area (Å²) in [6, 6.07) is 6.57. The van der Waals surface area contributed by atoms with Gasteiger partial charge in [-0.1, -0.05) is 12.1 Å². The molecule has 2 rings (SSSR count). The van der Waals surface area contributed by atoms with E-state index in [-0.39, 0.29) is 5.69 Å². The van der Waals surface area contributed by atoms with Crippen LogP contribution in [0, 0.1) is 10.1 Å². The monoisotopic (exact) mass is 260 g/mol. The second-order valence-electron chi connectivity index (χ2n) is 5.06. The fourth-order valence-electron chi connectivity index (χ4n) is 1.95. The third kappa shape index (κ3) is 2.97. The lowest BCUT2D eigenvalue weighted by atomic mass is 10.0. The number of nitrogens with two attached hydrogens (primary N) is 1. The van der Waals surface area contributed by atoms with Crippen molar-refractivity contribution in [2.75, 3.05) is 0 Å². The van der Waals surface area contributed by atoms with E-state index in [1.54, 1.807) is 24.7 Å². The summed E-state index contributed by atoms with van der Waals surface area (Å²) >= 11 is 0. The van der Waals surface area contributed by atoms with E-state index < -0.39 is 10.5 Å². The molecule has 100 valence electrons. The van der Waals surface area contributed by atoms with E-state index in [0.717, 1.165) is 11.3 Å². The molecule has 0 atom stereocenters.